The first kappa shape index (κ1) is 9.73. The van der Waals surface area contributed by atoms with Crippen LogP contribution in [0.2, 0.25) is 0 Å². The van der Waals surface area contributed by atoms with Gasteiger partial charge in [0.2, 0.25) is 0 Å². The molecule has 3 rings (SSSR count). The first-order chi connectivity index (χ1) is 7.33. The number of nitrogens with one attached hydrogen (secondary N) is 1. The first-order valence-corrected chi connectivity index (χ1v) is 6.55. The molecular formula is C11H17N3S. The van der Waals surface area contributed by atoms with Crippen LogP contribution in [-0.2, 0) is 7.05 Å². The number of nitrogens with zero attached hydrogens (tertiary/aromatic N) is 2. The highest BCUT2D eigenvalue weighted by molar-refractivity contribution is 7.99. The third kappa shape index (κ3) is 1.81. The van der Waals surface area contributed by atoms with Gasteiger partial charge in [-0.05, 0) is 37.8 Å². The van der Waals surface area contributed by atoms with Gasteiger partial charge >= 0.3 is 0 Å². The van der Waals surface area contributed by atoms with Crippen LogP contribution >= 0.6 is 11.8 Å². The minimum absolute atomic E-state index is 0.795. The maximum atomic E-state index is 4.38. The summed E-state index contributed by atoms with van der Waals surface area (Å²) in [6.45, 7) is 2.48. The molecule has 15 heavy (non-hydrogen) atoms. The molecule has 0 radical (unpaired) electrons. The minimum Gasteiger partial charge on any atom is -0.329 e. The van der Waals surface area contributed by atoms with E-state index >= 15 is 0 Å². The summed E-state index contributed by atoms with van der Waals surface area (Å²) in [6.07, 6.45) is 6.66. The molecule has 0 unspecified atom stereocenters. The predicted molar refractivity (Wildman–Crippen MR) is 61.9 cm³/mol. The molecule has 1 N–H and O–H groups in total. The Morgan fingerprint density at radius 2 is 2.13 bits per heavy atom. The number of hydrogen-bond donors (Lipinski definition) is 1. The number of aryl methyl sites for hydroxylation is 1. The van der Waals surface area contributed by atoms with E-state index in [0.29, 0.717) is 0 Å². The second-order valence-electron chi connectivity index (χ2n) is 4.71. The van der Waals surface area contributed by atoms with Crippen molar-refractivity contribution in [1.29, 1.82) is 0 Å². The van der Waals surface area contributed by atoms with E-state index in [1.165, 1.54) is 31.1 Å². The molecule has 0 spiro atoms. The van der Waals surface area contributed by atoms with E-state index in [1.54, 1.807) is 0 Å². The van der Waals surface area contributed by atoms with Crippen molar-refractivity contribution in [3.63, 3.8) is 0 Å². The molecule has 1 aliphatic carbocycles. The molecule has 0 bridgehead atoms. The lowest BCUT2D eigenvalue weighted by Gasteiger charge is -2.10. The molecule has 1 aliphatic heterocycles. The van der Waals surface area contributed by atoms with Crippen molar-refractivity contribution in [2.24, 2.45) is 18.9 Å². The highest BCUT2D eigenvalue weighted by Gasteiger charge is 2.37. The Morgan fingerprint density at radius 3 is 2.73 bits per heavy atom. The van der Waals surface area contributed by atoms with Gasteiger partial charge < -0.3 is 9.88 Å². The number of rotatable bonds is 2. The van der Waals surface area contributed by atoms with Crippen LogP contribution in [0.25, 0.3) is 0 Å². The van der Waals surface area contributed by atoms with Crippen molar-refractivity contribution in [2.45, 2.75) is 23.2 Å². The van der Waals surface area contributed by atoms with Gasteiger partial charge in [-0.2, -0.15) is 0 Å². The van der Waals surface area contributed by atoms with E-state index in [1.807, 2.05) is 24.2 Å². The molecule has 1 saturated carbocycles. The predicted octanol–water partition coefficient (Wildman–Crippen LogP) is 1.51. The Labute approximate surface area is 94.7 Å². The molecule has 2 heterocycles. The molecule has 82 valence electrons. The molecule has 3 nitrogen and oxygen atoms in total. The fraction of sp³-hybridized carbons (Fsp3) is 0.727. The van der Waals surface area contributed by atoms with Crippen molar-refractivity contribution in [3.05, 3.63) is 12.4 Å². The van der Waals surface area contributed by atoms with Crippen LogP contribution in [0.4, 0.5) is 0 Å². The van der Waals surface area contributed by atoms with Gasteiger partial charge in [-0.25, -0.2) is 4.98 Å². The standard InChI is InChI=1S/C11H17N3S/c1-14-3-2-13-11(14)15-10-4-8-6-12-7-9(8)5-10/h2-3,8-10,12H,4-7H2,1H3/t8-,9+,10+. The molecule has 0 aromatic carbocycles. The third-order valence-corrected chi connectivity index (χ3v) is 4.98. The maximum Gasteiger partial charge on any atom is 0.167 e. The van der Waals surface area contributed by atoms with Crippen molar-refractivity contribution >= 4 is 11.8 Å². The second-order valence-corrected chi connectivity index (χ2v) is 5.98. The molecular weight excluding hydrogens is 206 g/mol. The summed E-state index contributed by atoms with van der Waals surface area (Å²) in [6, 6.07) is 0. The van der Waals surface area contributed by atoms with E-state index < -0.39 is 0 Å². The zero-order chi connectivity index (χ0) is 10.3. The lowest BCUT2D eigenvalue weighted by molar-refractivity contribution is 0.494. The molecule has 2 aliphatic rings. The summed E-state index contributed by atoms with van der Waals surface area (Å²) < 4.78 is 2.12. The average molecular weight is 223 g/mol. The maximum absolute atomic E-state index is 4.38. The third-order valence-electron chi connectivity index (χ3n) is 3.66. The van der Waals surface area contributed by atoms with Crippen LogP contribution in [0.15, 0.2) is 17.6 Å². The number of fused-ring (bicyclic) bond motifs is 1. The Kier molecular flexibility index (Phi) is 2.48. The van der Waals surface area contributed by atoms with Crippen LogP contribution < -0.4 is 5.32 Å². The van der Waals surface area contributed by atoms with Gasteiger partial charge in [0.05, 0.1) is 0 Å². The second kappa shape index (κ2) is 3.83. The Balaban J connectivity index is 1.64. The summed E-state index contributed by atoms with van der Waals surface area (Å²) in [7, 11) is 2.08. The van der Waals surface area contributed by atoms with Crippen molar-refractivity contribution in [3.8, 4) is 0 Å². The van der Waals surface area contributed by atoms with Crippen LogP contribution in [0.5, 0.6) is 0 Å². The summed E-state index contributed by atoms with van der Waals surface area (Å²) >= 11 is 1.97. The fourth-order valence-corrected chi connectivity index (χ4v) is 4.16. The first-order valence-electron chi connectivity index (χ1n) is 5.67. The Hall–Kier alpha value is -0.480. The van der Waals surface area contributed by atoms with Crippen LogP contribution in [-0.4, -0.2) is 27.9 Å². The lowest BCUT2D eigenvalue weighted by Crippen LogP contribution is -2.12. The number of imidazole rings is 1. The smallest absolute Gasteiger partial charge is 0.167 e. The van der Waals surface area contributed by atoms with Crippen LogP contribution in [0.3, 0.4) is 0 Å². The number of thioether (sulfide) groups is 1. The van der Waals surface area contributed by atoms with Crippen molar-refractivity contribution in [1.82, 2.24) is 14.9 Å². The topological polar surface area (TPSA) is 29.9 Å². The largest absolute Gasteiger partial charge is 0.329 e. The van der Waals surface area contributed by atoms with Gasteiger partial charge in [-0.15, -0.1) is 0 Å². The fourth-order valence-electron chi connectivity index (χ4n) is 2.82. The van der Waals surface area contributed by atoms with Crippen LogP contribution in [0, 0.1) is 11.8 Å². The van der Waals surface area contributed by atoms with E-state index in [-0.39, 0.29) is 0 Å². The van der Waals surface area contributed by atoms with Crippen LogP contribution in [0.1, 0.15) is 12.8 Å². The van der Waals surface area contributed by atoms with E-state index in [0.717, 1.165) is 17.1 Å². The number of hydrogen-bond acceptors (Lipinski definition) is 3. The molecule has 4 heteroatoms. The van der Waals surface area contributed by atoms with Gasteiger partial charge in [0.25, 0.3) is 0 Å². The van der Waals surface area contributed by atoms with Crippen molar-refractivity contribution in [2.75, 3.05) is 13.1 Å². The number of aromatic nitrogens is 2. The van der Waals surface area contributed by atoms with E-state index in [2.05, 4.69) is 21.9 Å². The average Bonchev–Trinajstić information content (AvgIpc) is 2.83. The molecule has 3 atom stereocenters. The highest BCUT2D eigenvalue weighted by atomic mass is 32.2. The SMILES string of the molecule is Cn1ccnc1S[C@@H]1C[C@H]2CNC[C@H]2C1. The van der Waals surface area contributed by atoms with Gasteiger partial charge in [-0.3, -0.25) is 0 Å². The molecule has 2 fully saturated rings. The van der Waals surface area contributed by atoms with E-state index in [4.69, 9.17) is 0 Å². The van der Waals surface area contributed by atoms with E-state index in [9.17, 15) is 0 Å². The molecule has 1 aromatic rings. The lowest BCUT2D eigenvalue weighted by atomic mass is 10.0. The van der Waals surface area contributed by atoms with Gasteiger partial charge in [0.15, 0.2) is 5.16 Å². The zero-order valence-electron chi connectivity index (χ0n) is 9.02. The van der Waals surface area contributed by atoms with Gasteiger partial charge in [0.1, 0.15) is 0 Å². The van der Waals surface area contributed by atoms with Gasteiger partial charge in [0, 0.05) is 24.7 Å². The van der Waals surface area contributed by atoms with Gasteiger partial charge in [-0.1, -0.05) is 11.8 Å². The Morgan fingerprint density at radius 1 is 1.40 bits per heavy atom. The quantitative estimate of drug-likeness (QED) is 0.824. The summed E-state index contributed by atoms with van der Waals surface area (Å²) in [4.78, 5) is 4.38. The minimum atomic E-state index is 0.795. The molecule has 1 aromatic heterocycles. The summed E-state index contributed by atoms with van der Waals surface area (Å²) in [5.41, 5.74) is 0. The van der Waals surface area contributed by atoms with Crippen molar-refractivity contribution < 1.29 is 0 Å². The molecule has 0 amide bonds. The Bertz CT molecular complexity index is 337. The normalized spacial score (nSPS) is 34.6. The summed E-state index contributed by atoms with van der Waals surface area (Å²) in [5, 5.41) is 5.45. The zero-order valence-corrected chi connectivity index (χ0v) is 9.83. The monoisotopic (exact) mass is 223 g/mol. The molecule has 1 saturated heterocycles. The highest BCUT2D eigenvalue weighted by Crippen LogP contribution is 2.42. The summed E-state index contributed by atoms with van der Waals surface area (Å²) in [5.74, 6) is 1.87.